The molecule has 1 aromatic rings. The Kier molecular flexibility index (Phi) is 4.79. The zero-order valence-electron chi connectivity index (χ0n) is 13.4. The SMILES string of the molecule is C=CCN1CC(C(=O)N2CCC(c3ccn[nH]3)CC2)CCC1=O. The fourth-order valence-electron chi connectivity index (χ4n) is 3.61. The predicted molar refractivity (Wildman–Crippen MR) is 86.6 cm³/mol. The Balaban J connectivity index is 1.55. The molecule has 0 saturated carbocycles. The number of piperidine rings is 2. The maximum Gasteiger partial charge on any atom is 0.227 e. The summed E-state index contributed by atoms with van der Waals surface area (Å²) in [4.78, 5) is 28.3. The molecule has 1 N–H and O–H groups in total. The average molecular weight is 316 g/mol. The van der Waals surface area contributed by atoms with Crippen molar-refractivity contribution in [3.63, 3.8) is 0 Å². The molecule has 0 bridgehead atoms. The summed E-state index contributed by atoms with van der Waals surface area (Å²) in [6.07, 6.45) is 6.58. The largest absolute Gasteiger partial charge is 0.342 e. The Hall–Kier alpha value is -2.11. The quantitative estimate of drug-likeness (QED) is 0.857. The number of likely N-dealkylation sites (tertiary alicyclic amines) is 2. The topological polar surface area (TPSA) is 69.3 Å². The molecule has 6 heteroatoms. The summed E-state index contributed by atoms with van der Waals surface area (Å²) in [5.41, 5.74) is 1.16. The van der Waals surface area contributed by atoms with Crippen LogP contribution in [-0.4, -0.2) is 58.0 Å². The molecule has 2 amide bonds. The zero-order valence-corrected chi connectivity index (χ0v) is 13.4. The van der Waals surface area contributed by atoms with Gasteiger partial charge < -0.3 is 9.80 Å². The number of hydrogen-bond acceptors (Lipinski definition) is 3. The molecule has 124 valence electrons. The van der Waals surface area contributed by atoms with Crippen LogP contribution >= 0.6 is 0 Å². The molecule has 2 aliphatic heterocycles. The molecular weight excluding hydrogens is 292 g/mol. The van der Waals surface area contributed by atoms with Crippen molar-refractivity contribution in [2.45, 2.75) is 31.6 Å². The Labute approximate surface area is 136 Å². The highest BCUT2D eigenvalue weighted by Gasteiger charge is 2.34. The minimum Gasteiger partial charge on any atom is -0.342 e. The van der Waals surface area contributed by atoms with Crippen LogP contribution in [0.2, 0.25) is 0 Å². The van der Waals surface area contributed by atoms with E-state index in [1.165, 1.54) is 0 Å². The highest BCUT2D eigenvalue weighted by atomic mass is 16.2. The molecule has 0 radical (unpaired) electrons. The first-order valence-electron chi connectivity index (χ1n) is 8.35. The van der Waals surface area contributed by atoms with Crippen molar-refractivity contribution in [3.05, 3.63) is 30.6 Å². The molecule has 2 aliphatic rings. The number of hydrogen-bond donors (Lipinski definition) is 1. The number of rotatable bonds is 4. The summed E-state index contributed by atoms with van der Waals surface area (Å²) in [7, 11) is 0. The molecule has 2 saturated heterocycles. The van der Waals surface area contributed by atoms with Gasteiger partial charge in [-0.1, -0.05) is 6.08 Å². The van der Waals surface area contributed by atoms with Crippen molar-refractivity contribution in [3.8, 4) is 0 Å². The molecule has 0 aromatic carbocycles. The smallest absolute Gasteiger partial charge is 0.227 e. The van der Waals surface area contributed by atoms with Crippen LogP contribution in [0.25, 0.3) is 0 Å². The normalized spacial score (nSPS) is 23.1. The molecule has 1 unspecified atom stereocenters. The molecule has 3 heterocycles. The van der Waals surface area contributed by atoms with E-state index in [0.717, 1.165) is 31.6 Å². The van der Waals surface area contributed by atoms with Crippen molar-refractivity contribution in [1.29, 1.82) is 0 Å². The van der Waals surface area contributed by atoms with Crippen LogP contribution in [0.4, 0.5) is 0 Å². The second-order valence-electron chi connectivity index (χ2n) is 6.43. The van der Waals surface area contributed by atoms with E-state index >= 15 is 0 Å². The average Bonchev–Trinajstić information content (AvgIpc) is 3.11. The van der Waals surface area contributed by atoms with E-state index in [9.17, 15) is 9.59 Å². The number of carbonyl (C=O) groups excluding carboxylic acids is 2. The lowest BCUT2D eigenvalue weighted by atomic mass is 9.91. The van der Waals surface area contributed by atoms with Crippen LogP contribution in [0, 0.1) is 5.92 Å². The third-order valence-electron chi connectivity index (χ3n) is 4.97. The first kappa shape index (κ1) is 15.8. The van der Waals surface area contributed by atoms with Crippen LogP contribution in [0.3, 0.4) is 0 Å². The fourth-order valence-corrected chi connectivity index (χ4v) is 3.61. The number of amides is 2. The fraction of sp³-hybridized carbons (Fsp3) is 0.588. The van der Waals surface area contributed by atoms with E-state index in [-0.39, 0.29) is 17.7 Å². The molecule has 1 aromatic heterocycles. The summed E-state index contributed by atoms with van der Waals surface area (Å²) >= 11 is 0. The van der Waals surface area contributed by atoms with Crippen LogP contribution in [0.15, 0.2) is 24.9 Å². The zero-order chi connectivity index (χ0) is 16.2. The highest BCUT2D eigenvalue weighted by molar-refractivity contribution is 5.84. The summed E-state index contributed by atoms with van der Waals surface area (Å²) in [6, 6.07) is 2.02. The third-order valence-corrected chi connectivity index (χ3v) is 4.97. The van der Waals surface area contributed by atoms with Gasteiger partial charge in [0.25, 0.3) is 0 Å². The van der Waals surface area contributed by atoms with E-state index in [2.05, 4.69) is 16.8 Å². The van der Waals surface area contributed by atoms with E-state index in [4.69, 9.17) is 0 Å². The minimum atomic E-state index is -0.0589. The Morgan fingerprint density at radius 1 is 1.39 bits per heavy atom. The molecule has 6 nitrogen and oxygen atoms in total. The van der Waals surface area contributed by atoms with Crippen molar-refractivity contribution in [2.75, 3.05) is 26.2 Å². The lowest BCUT2D eigenvalue weighted by Gasteiger charge is -2.37. The van der Waals surface area contributed by atoms with Gasteiger partial charge in [-0.3, -0.25) is 14.7 Å². The minimum absolute atomic E-state index is 0.0589. The third kappa shape index (κ3) is 3.46. The lowest BCUT2D eigenvalue weighted by Crippen LogP contribution is -2.48. The standard InChI is InChI=1S/C17H24N4O2/c1-2-9-21-12-14(3-4-16(21)22)17(23)20-10-6-13(7-11-20)15-5-8-18-19-15/h2,5,8,13-14H,1,3-4,6-7,9-12H2,(H,18,19). The molecule has 0 aliphatic carbocycles. The Morgan fingerprint density at radius 3 is 2.83 bits per heavy atom. The molecule has 2 fully saturated rings. The summed E-state index contributed by atoms with van der Waals surface area (Å²) in [6.45, 7) is 6.32. The van der Waals surface area contributed by atoms with Gasteiger partial charge in [0.2, 0.25) is 11.8 Å². The van der Waals surface area contributed by atoms with E-state index < -0.39 is 0 Å². The maximum atomic E-state index is 12.7. The second-order valence-corrected chi connectivity index (χ2v) is 6.43. The van der Waals surface area contributed by atoms with Crippen molar-refractivity contribution in [1.82, 2.24) is 20.0 Å². The van der Waals surface area contributed by atoms with Gasteiger partial charge in [0.15, 0.2) is 0 Å². The number of nitrogens with one attached hydrogen (secondary N) is 1. The first-order valence-corrected chi connectivity index (χ1v) is 8.35. The number of H-pyrrole nitrogens is 1. The van der Waals surface area contributed by atoms with Gasteiger partial charge in [-0.2, -0.15) is 5.10 Å². The summed E-state index contributed by atoms with van der Waals surface area (Å²) in [5, 5.41) is 7.04. The van der Waals surface area contributed by atoms with Crippen LogP contribution < -0.4 is 0 Å². The monoisotopic (exact) mass is 316 g/mol. The number of carbonyl (C=O) groups is 2. The second kappa shape index (κ2) is 6.98. The number of aromatic nitrogens is 2. The van der Waals surface area contributed by atoms with E-state index in [0.29, 0.717) is 31.8 Å². The van der Waals surface area contributed by atoms with Gasteiger partial charge in [0, 0.05) is 50.4 Å². The van der Waals surface area contributed by atoms with Gasteiger partial charge in [0.05, 0.1) is 5.92 Å². The number of nitrogens with zero attached hydrogens (tertiary/aromatic N) is 3. The van der Waals surface area contributed by atoms with Gasteiger partial charge in [-0.15, -0.1) is 6.58 Å². The Bertz CT molecular complexity index is 561. The van der Waals surface area contributed by atoms with Crippen molar-refractivity contribution < 1.29 is 9.59 Å². The van der Waals surface area contributed by atoms with E-state index in [1.807, 2.05) is 11.0 Å². The maximum absolute atomic E-state index is 12.7. The van der Waals surface area contributed by atoms with Crippen LogP contribution in [0.1, 0.15) is 37.3 Å². The van der Waals surface area contributed by atoms with E-state index in [1.54, 1.807) is 17.2 Å². The lowest BCUT2D eigenvalue weighted by molar-refractivity contribution is -0.143. The van der Waals surface area contributed by atoms with Gasteiger partial charge in [0.1, 0.15) is 0 Å². The highest BCUT2D eigenvalue weighted by Crippen LogP contribution is 2.28. The molecule has 0 spiro atoms. The predicted octanol–water partition coefficient (Wildman–Crippen LogP) is 1.54. The van der Waals surface area contributed by atoms with Crippen LogP contribution in [-0.2, 0) is 9.59 Å². The van der Waals surface area contributed by atoms with Gasteiger partial charge >= 0.3 is 0 Å². The van der Waals surface area contributed by atoms with Crippen molar-refractivity contribution >= 4 is 11.8 Å². The summed E-state index contributed by atoms with van der Waals surface area (Å²) < 4.78 is 0. The first-order chi connectivity index (χ1) is 11.2. The molecule has 1 atom stereocenters. The van der Waals surface area contributed by atoms with Gasteiger partial charge in [-0.25, -0.2) is 0 Å². The van der Waals surface area contributed by atoms with Crippen molar-refractivity contribution in [2.24, 2.45) is 5.92 Å². The summed E-state index contributed by atoms with van der Waals surface area (Å²) in [5.74, 6) is 0.740. The number of aromatic amines is 1. The van der Waals surface area contributed by atoms with Gasteiger partial charge in [-0.05, 0) is 25.3 Å². The molecule has 3 rings (SSSR count). The van der Waals surface area contributed by atoms with Crippen LogP contribution in [0.5, 0.6) is 0 Å². The Morgan fingerprint density at radius 2 is 2.17 bits per heavy atom. The molecule has 23 heavy (non-hydrogen) atoms. The molecular formula is C17H24N4O2.